The minimum atomic E-state index is 0.00661. The monoisotopic (exact) mass is 575 g/mol. The van der Waals surface area contributed by atoms with Crippen molar-refractivity contribution in [1.82, 2.24) is 14.5 Å². The van der Waals surface area contributed by atoms with E-state index in [-0.39, 0.29) is 6.17 Å². The molecule has 2 aromatic heterocycles. The quantitative estimate of drug-likeness (QED) is 0.222. The van der Waals surface area contributed by atoms with Crippen molar-refractivity contribution in [3.05, 3.63) is 163 Å². The average Bonchev–Trinajstić information content (AvgIpc) is 3.57. The third-order valence-electron chi connectivity index (χ3n) is 9.73. The number of rotatable bonds is 3. The van der Waals surface area contributed by atoms with Crippen LogP contribution in [-0.4, -0.2) is 9.13 Å². The highest BCUT2D eigenvalue weighted by molar-refractivity contribution is 6.19. The molecule has 0 saturated heterocycles. The third-order valence-corrected chi connectivity index (χ3v) is 9.73. The minimum Gasteiger partial charge on any atom is -0.367 e. The van der Waals surface area contributed by atoms with Gasteiger partial charge in [0.15, 0.2) is 0 Å². The first-order valence-electron chi connectivity index (χ1n) is 15.7. The predicted molar refractivity (Wildman–Crippen MR) is 188 cm³/mol. The van der Waals surface area contributed by atoms with Gasteiger partial charge in [-0.05, 0) is 65.1 Å². The minimum absolute atomic E-state index is 0.00661. The van der Waals surface area contributed by atoms with Crippen LogP contribution in [0.25, 0.3) is 71.6 Å². The summed E-state index contributed by atoms with van der Waals surface area (Å²) in [6, 6.07) is 48.9. The second-order valence-corrected chi connectivity index (χ2v) is 12.2. The van der Waals surface area contributed by atoms with Gasteiger partial charge in [-0.15, -0.1) is 0 Å². The van der Waals surface area contributed by atoms with Crippen LogP contribution in [0, 0.1) is 0 Å². The van der Waals surface area contributed by atoms with Gasteiger partial charge in [0.1, 0.15) is 6.17 Å². The van der Waals surface area contributed by atoms with Gasteiger partial charge in [0, 0.05) is 38.9 Å². The van der Waals surface area contributed by atoms with Crippen molar-refractivity contribution < 1.29 is 0 Å². The first-order chi connectivity index (χ1) is 22.3. The molecule has 212 valence electrons. The van der Waals surface area contributed by atoms with E-state index < -0.39 is 0 Å². The molecule has 2 aliphatic rings. The normalized spacial score (nSPS) is 15.2. The number of hydrogen-bond donors (Lipinski definition) is 1. The topological polar surface area (TPSA) is 21.9 Å². The van der Waals surface area contributed by atoms with Crippen LogP contribution in [-0.2, 0) is 6.42 Å². The molecular formula is C42H29N3. The van der Waals surface area contributed by atoms with Crippen molar-refractivity contribution in [3.8, 4) is 27.9 Å². The summed E-state index contributed by atoms with van der Waals surface area (Å²) in [5.41, 5.74) is 13.9. The lowest BCUT2D eigenvalue weighted by molar-refractivity contribution is 0.573. The molecule has 0 spiro atoms. The maximum Gasteiger partial charge on any atom is 0.123 e. The Hall–Kier alpha value is -5.80. The van der Waals surface area contributed by atoms with Crippen molar-refractivity contribution in [2.75, 3.05) is 0 Å². The first kappa shape index (κ1) is 24.6. The van der Waals surface area contributed by atoms with Crippen LogP contribution in [0.2, 0.25) is 0 Å². The zero-order chi connectivity index (χ0) is 29.5. The summed E-state index contributed by atoms with van der Waals surface area (Å²) in [7, 11) is 0. The van der Waals surface area contributed by atoms with E-state index in [2.05, 4.69) is 166 Å². The molecule has 0 aliphatic carbocycles. The van der Waals surface area contributed by atoms with Crippen LogP contribution in [0.5, 0.6) is 0 Å². The summed E-state index contributed by atoms with van der Waals surface area (Å²) >= 11 is 0. The van der Waals surface area contributed by atoms with Crippen LogP contribution in [0.15, 0.2) is 157 Å². The van der Waals surface area contributed by atoms with Gasteiger partial charge in [0.2, 0.25) is 0 Å². The summed E-state index contributed by atoms with van der Waals surface area (Å²) in [4.78, 5) is 0. The second-order valence-electron chi connectivity index (χ2n) is 12.2. The molecule has 1 atom stereocenters. The van der Waals surface area contributed by atoms with E-state index in [0.717, 1.165) is 6.42 Å². The van der Waals surface area contributed by atoms with Gasteiger partial charge < -0.3 is 14.5 Å². The van der Waals surface area contributed by atoms with Gasteiger partial charge in [0.05, 0.1) is 27.8 Å². The number of dihydropyridines is 1. The molecule has 1 N–H and O–H groups in total. The molecule has 1 unspecified atom stereocenters. The van der Waals surface area contributed by atoms with E-state index in [1.54, 1.807) is 0 Å². The summed E-state index contributed by atoms with van der Waals surface area (Å²) in [6.45, 7) is 0. The first-order valence-corrected chi connectivity index (χ1v) is 15.7. The standard InChI is InChI=1S/C42H29N3/c1-2-11-27(12-3-1)23-28-21-22-41(43-26-28)44-37-18-7-6-15-31(37)36-24-34-33-17-10-16-32-29-13-4-8-19-38(29)45(42(32)33)39-20-9-5-14-30(39)35(34)25-40(36)44/h1-22,24-26,41,43H,23H2. The van der Waals surface area contributed by atoms with Crippen molar-refractivity contribution >= 4 is 43.6 Å². The maximum absolute atomic E-state index is 3.74. The van der Waals surface area contributed by atoms with Crippen LogP contribution >= 0.6 is 0 Å². The zero-order valence-electron chi connectivity index (χ0n) is 24.6. The van der Waals surface area contributed by atoms with Gasteiger partial charge in [-0.3, -0.25) is 0 Å². The lowest BCUT2D eigenvalue weighted by Crippen LogP contribution is -2.23. The van der Waals surface area contributed by atoms with Crippen LogP contribution < -0.4 is 5.32 Å². The Kier molecular flexibility index (Phi) is 5.11. The van der Waals surface area contributed by atoms with E-state index in [1.165, 1.54) is 82.7 Å². The Bertz CT molecular complexity index is 2540. The number of aromatic nitrogens is 2. The highest BCUT2D eigenvalue weighted by atomic mass is 15.2. The molecule has 4 heterocycles. The van der Waals surface area contributed by atoms with Gasteiger partial charge in [-0.25, -0.2) is 0 Å². The highest BCUT2D eigenvalue weighted by Crippen LogP contribution is 2.48. The molecule has 0 saturated carbocycles. The Balaban J connectivity index is 1.22. The molecule has 3 nitrogen and oxygen atoms in total. The smallest absolute Gasteiger partial charge is 0.123 e. The van der Waals surface area contributed by atoms with Crippen molar-refractivity contribution in [3.63, 3.8) is 0 Å². The Morgan fingerprint density at radius 2 is 1.22 bits per heavy atom. The molecule has 0 fully saturated rings. The fraction of sp³-hybridized carbons (Fsp3) is 0.0476. The summed E-state index contributed by atoms with van der Waals surface area (Å²) < 4.78 is 4.96. The van der Waals surface area contributed by atoms with Gasteiger partial charge in [-0.1, -0.05) is 109 Å². The molecule has 8 aromatic rings. The number of nitrogens with zero attached hydrogens (tertiary/aromatic N) is 2. The predicted octanol–water partition coefficient (Wildman–Crippen LogP) is 10.3. The molecule has 3 heteroatoms. The van der Waals surface area contributed by atoms with Crippen LogP contribution in [0.4, 0.5) is 0 Å². The largest absolute Gasteiger partial charge is 0.367 e. The van der Waals surface area contributed by atoms with E-state index in [0.29, 0.717) is 0 Å². The number of allylic oxidation sites excluding steroid dienone is 2. The van der Waals surface area contributed by atoms with Gasteiger partial charge >= 0.3 is 0 Å². The van der Waals surface area contributed by atoms with Crippen molar-refractivity contribution in [2.24, 2.45) is 0 Å². The SMILES string of the molecule is C1=CC(n2c3ccccc3c3cc4c(cc32)-c2ccccc2-n2c3ccccc3c3cccc-4c32)NC=C1Cc1ccccc1. The fourth-order valence-electron chi connectivity index (χ4n) is 7.79. The van der Waals surface area contributed by atoms with E-state index in [1.807, 2.05) is 0 Å². The second kappa shape index (κ2) is 9.35. The van der Waals surface area contributed by atoms with Crippen LogP contribution in [0.3, 0.4) is 0 Å². The highest BCUT2D eigenvalue weighted by Gasteiger charge is 2.26. The number of para-hydroxylation sites is 4. The lowest BCUT2D eigenvalue weighted by atomic mass is 9.92. The Labute approximate surface area is 261 Å². The molecule has 2 aliphatic heterocycles. The van der Waals surface area contributed by atoms with Crippen LogP contribution in [0.1, 0.15) is 11.7 Å². The molecule has 10 rings (SSSR count). The molecule has 0 radical (unpaired) electrons. The number of nitrogens with one attached hydrogen (secondary N) is 1. The Morgan fingerprint density at radius 1 is 0.533 bits per heavy atom. The van der Waals surface area contributed by atoms with Crippen molar-refractivity contribution in [1.29, 1.82) is 0 Å². The van der Waals surface area contributed by atoms with Crippen molar-refractivity contribution in [2.45, 2.75) is 12.6 Å². The molecule has 0 amide bonds. The Morgan fingerprint density at radius 3 is 2.07 bits per heavy atom. The summed E-state index contributed by atoms with van der Waals surface area (Å²) in [5, 5.41) is 8.88. The number of benzene rings is 6. The van der Waals surface area contributed by atoms with Gasteiger partial charge in [0.25, 0.3) is 0 Å². The molecular weight excluding hydrogens is 546 g/mol. The number of hydrogen-bond acceptors (Lipinski definition) is 1. The summed E-state index contributed by atoms with van der Waals surface area (Å²) in [5.74, 6) is 0. The summed E-state index contributed by atoms with van der Waals surface area (Å²) in [6.07, 6.45) is 7.70. The third kappa shape index (κ3) is 3.52. The maximum atomic E-state index is 3.74. The van der Waals surface area contributed by atoms with E-state index in [4.69, 9.17) is 0 Å². The number of fused-ring (bicyclic) bond motifs is 11. The molecule has 45 heavy (non-hydrogen) atoms. The zero-order valence-corrected chi connectivity index (χ0v) is 24.6. The molecule has 0 bridgehead atoms. The van der Waals surface area contributed by atoms with E-state index in [9.17, 15) is 0 Å². The van der Waals surface area contributed by atoms with Gasteiger partial charge in [-0.2, -0.15) is 0 Å². The average molecular weight is 576 g/mol. The fourth-order valence-corrected chi connectivity index (χ4v) is 7.79. The van der Waals surface area contributed by atoms with E-state index >= 15 is 0 Å². The molecule has 6 aromatic carbocycles. The lowest BCUT2D eigenvalue weighted by Gasteiger charge is -2.23.